The van der Waals surface area contributed by atoms with Gasteiger partial charge in [-0.05, 0) is 42.7 Å². The first-order valence-corrected chi connectivity index (χ1v) is 11.2. The molecule has 0 bridgehead atoms. The van der Waals surface area contributed by atoms with Crippen molar-refractivity contribution in [2.75, 3.05) is 5.75 Å². The van der Waals surface area contributed by atoms with Gasteiger partial charge in [-0.25, -0.2) is 9.97 Å². The number of hydrogen-bond donors (Lipinski definition) is 0. The lowest BCUT2D eigenvalue weighted by Crippen LogP contribution is -2.10. The average Bonchev–Trinajstić information content (AvgIpc) is 3.26. The Balaban J connectivity index is 1.82. The topological polar surface area (TPSA) is 56.0 Å². The molecule has 7 heteroatoms. The quantitative estimate of drug-likeness (QED) is 0.352. The van der Waals surface area contributed by atoms with E-state index in [-0.39, 0.29) is 0 Å². The van der Waals surface area contributed by atoms with Crippen molar-refractivity contribution in [2.45, 2.75) is 50.6 Å². The van der Waals surface area contributed by atoms with Gasteiger partial charge in [-0.15, -0.1) is 28.1 Å². The molecule has 0 N–H and O–H groups in total. The van der Waals surface area contributed by atoms with Gasteiger partial charge in [-0.1, -0.05) is 31.7 Å². The van der Waals surface area contributed by atoms with E-state index >= 15 is 0 Å². The Bertz CT molecular complexity index is 1190. The summed E-state index contributed by atoms with van der Waals surface area (Å²) in [6, 6.07) is 0. The molecule has 27 heavy (non-hydrogen) atoms. The van der Waals surface area contributed by atoms with Crippen molar-refractivity contribution in [3.05, 3.63) is 35.8 Å². The van der Waals surface area contributed by atoms with Crippen molar-refractivity contribution in [3.8, 4) is 0 Å². The highest BCUT2D eigenvalue weighted by Crippen LogP contribution is 2.41. The Morgan fingerprint density at radius 3 is 2.85 bits per heavy atom. The molecule has 0 saturated carbocycles. The monoisotopic (exact) mass is 395 g/mol. The van der Waals surface area contributed by atoms with E-state index in [1.165, 1.54) is 35.0 Å². The van der Waals surface area contributed by atoms with Crippen molar-refractivity contribution in [1.29, 1.82) is 0 Å². The molecule has 0 amide bonds. The van der Waals surface area contributed by atoms with Gasteiger partial charge in [0.05, 0.1) is 5.52 Å². The number of rotatable bonds is 4. The van der Waals surface area contributed by atoms with E-state index in [1.54, 1.807) is 23.1 Å². The summed E-state index contributed by atoms with van der Waals surface area (Å²) in [6.45, 7) is 8.27. The van der Waals surface area contributed by atoms with Crippen LogP contribution in [0.2, 0.25) is 0 Å². The minimum absolute atomic E-state index is 0.439. The molecular formula is C20H21N5S2. The van der Waals surface area contributed by atoms with Crippen LogP contribution < -0.4 is 0 Å². The van der Waals surface area contributed by atoms with Crippen LogP contribution in [0.5, 0.6) is 0 Å². The molecule has 4 aromatic rings. The molecule has 5 nitrogen and oxygen atoms in total. The third-order valence-electron chi connectivity index (χ3n) is 5.21. The summed E-state index contributed by atoms with van der Waals surface area (Å²) in [4.78, 5) is 11.0. The van der Waals surface area contributed by atoms with Crippen LogP contribution in [0.4, 0.5) is 0 Å². The molecule has 5 rings (SSSR count). The molecule has 1 aliphatic rings. The zero-order valence-corrected chi connectivity index (χ0v) is 17.2. The molecule has 0 unspecified atom stereocenters. The summed E-state index contributed by atoms with van der Waals surface area (Å²) in [5.41, 5.74) is 6.12. The van der Waals surface area contributed by atoms with Gasteiger partial charge in [0.15, 0.2) is 10.8 Å². The molecule has 138 valence electrons. The Morgan fingerprint density at radius 2 is 2.07 bits per heavy atom. The van der Waals surface area contributed by atoms with Crippen LogP contribution in [-0.4, -0.2) is 30.3 Å². The van der Waals surface area contributed by atoms with E-state index in [1.807, 2.05) is 16.8 Å². The molecule has 0 saturated heterocycles. The Hall–Kier alpha value is -1.99. The predicted octanol–water partition coefficient (Wildman–Crippen LogP) is 5.17. The highest BCUT2D eigenvalue weighted by atomic mass is 32.2. The smallest absolute Gasteiger partial charge is 0.197 e. The van der Waals surface area contributed by atoms with E-state index in [0.29, 0.717) is 5.92 Å². The van der Waals surface area contributed by atoms with E-state index in [9.17, 15) is 0 Å². The van der Waals surface area contributed by atoms with Crippen molar-refractivity contribution in [2.24, 2.45) is 0 Å². The number of pyridine rings is 1. The zero-order chi connectivity index (χ0) is 18.5. The van der Waals surface area contributed by atoms with E-state index in [2.05, 4.69) is 30.6 Å². The lowest BCUT2D eigenvalue weighted by atomic mass is 9.86. The number of fused-ring (bicyclic) bond motifs is 7. The fraction of sp³-hybridized carbons (Fsp3) is 0.400. The van der Waals surface area contributed by atoms with Gasteiger partial charge >= 0.3 is 0 Å². The Morgan fingerprint density at radius 1 is 1.26 bits per heavy atom. The summed E-state index contributed by atoms with van der Waals surface area (Å²) in [5.74, 6) is 1.24. The normalized spacial score (nSPS) is 14.5. The van der Waals surface area contributed by atoms with Crippen LogP contribution in [0.15, 0.2) is 24.1 Å². The first-order chi connectivity index (χ1) is 13.2. The molecule has 0 fully saturated rings. The molecule has 4 aromatic heterocycles. The molecule has 0 atom stereocenters. The standard InChI is InChI=1S/C20H21N5S2/c1-4-9-26-20-24-23-18-17-16(21-10-25(18)20)14-12-7-5-6-8-13(12)15(11(2)3)22-19(14)27-17/h4,10-11H,1,5-9H2,2-3H3. The van der Waals surface area contributed by atoms with E-state index < -0.39 is 0 Å². The van der Waals surface area contributed by atoms with Gasteiger partial charge in [0.2, 0.25) is 0 Å². The number of aryl methyl sites for hydroxylation is 1. The summed E-state index contributed by atoms with van der Waals surface area (Å²) < 4.78 is 3.08. The summed E-state index contributed by atoms with van der Waals surface area (Å²) in [7, 11) is 0. The van der Waals surface area contributed by atoms with Gasteiger partial charge in [0.25, 0.3) is 0 Å². The second-order valence-corrected chi connectivity index (χ2v) is 9.28. The molecule has 0 aliphatic heterocycles. The molecule has 0 aromatic carbocycles. The zero-order valence-electron chi connectivity index (χ0n) is 15.5. The van der Waals surface area contributed by atoms with Gasteiger partial charge in [0, 0.05) is 16.8 Å². The maximum absolute atomic E-state index is 5.09. The SMILES string of the molecule is C=CCSc1nnc2c3sc4nc(C(C)C)c5c(c4c3ncn12)CCCC5. The largest absolute Gasteiger partial charge is 0.259 e. The fourth-order valence-electron chi connectivity index (χ4n) is 4.04. The number of thioether (sulfide) groups is 1. The lowest BCUT2D eigenvalue weighted by Gasteiger charge is -2.21. The van der Waals surface area contributed by atoms with Crippen molar-refractivity contribution < 1.29 is 0 Å². The first kappa shape index (κ1) is 17.1. The van der Waals surface area contributed by atoms with Crippen molar-refractivity contribution in [1.82, 2.24) is 24.6 Å². The minimum atomic E-state index is 0.439. The third kappa shape index (κ3) is 2.59. The third-order valence-corrected chi connectivity index (χ3v) is 7.22. The highest BCUT2D eigenvalue weighted by Gasteiger charge is 2.24. The molecule has 0 spiro atoms. The first-order valence-electron chi connectivity index (χ1n) is 9.40. The maximum atomic E-state index is 5.09. The van der Waals surface area contributed by atoms with E-state index in [0.717, 1.165) is 44.4 Å². The van der Waals surface area contributed by atoms with Gasteiger partial charge in [-0.2, -0.15) is 0 Å². The number of nitrogens with zero attached hydrogens (tertiary/aromatic N) is 5. The summed E-state index contributed by atoms with van der Waals surface area (Å²) in [5, 5.41) is 10.9. The van der Waals surface area contributed by atoms with Crippen LogP contribution in [0.1, 0.15) is 49.4 Å². The van der Waals surface area contributed by atoms with Crippen LogP contribution in [0.3, 0.4) is 0 Å². The van der Waals surface area contributed by atoms with Gasteiger partial charge in [-0.3, -0.25) is 4.40 Å². The van der Waals surface area contributed by atoms with Gasteiger partial charge < -0.3 is 0 Å². The molecule has 1 aliphatic carbocycles. The fourth-order valence-corrected chi connectivity index (χ4v) is 5.82. The van der Waals surface area contributed by atoms with E-state index in [4.69, 9.17) is 9.97 Å². The molecule has 4 heterocycles. The second kappa shape index (κ2) is 6.56. The summed E-state index contributed by atoms with van der Waals surface area (Å²) in [6.07, 6.45) is 8.50. The highest BCUT2D eigenvalue weighted by molar-refractivity contribution is 7.99. The Kier molecular flexibility index (Phi) is 4.16. The van der Waals surface area contributed by atoms with Crippen molar-refractivity contribution in [3.63, 3.8) is 0 Å². The maximum Gasteiger partial charge on any atom is 0.197 e. The average molecular weight is 396 g/mol. The number of hydrogen-bond acceptors (Lipinski definition) is 6. The number of thiophene rings is 1. The van der Waals surface area contributed by atoms with Crippen molar-refractivity contribution >= 4 is 49.2 Å². The van der Waals surface area contributed by atoms with Crippen LogP contribution in [0.25, 0.3) is 26.1 Å². The van der Waals surface area contributed by atoms with Crippen LogP contribution >= 0.6 is 23.1 Å². The Labute approximate surface area is 165 Å². The molecule has 0 radical (unpaired) electrons. The summed E-state index contributed by atoms with van der Waals surface area (Å²) >= 11 is 3.33. The number of aromatic nitrogens is 5. The predicted molar refractivity (Wildman–Crippen MR) is 113 cm³/mol. The van der Waals surface area contributed by atoms with Gasteiger partial charge in [0.1, 0.15) is 15.9 Å². The van der Waals surface area contributed by atoms with Crippen LogP contribution in [-0.2, 0) is 12.8 Å². The molecular weight excluding hydrogens is 374 g/mol. The lowest BCUT2D eigenvalue weighted by molar-refractivity contribution is 0.667. The van der Waals surface area contributed by atoms with Crippen LogP contribution in [0, 0.1) is 0 Å². The minimum Gasteiger partial charge on any atom is -0.259 e. The second-order valence-electron chi connectivity index (χ2n) is 7.30.